The van der Waals surface area contributed by atoms with E-state index in [-0.39, 0.29) is 5.95 Å². The van der Waals surface area contributed by atoms with Crippen LogP contribution in [0.2, 0.25) is 0 Å². The predicted octanol–water partition coefficient (Wildman–Crippen LogP) is 1.72. The number of anilines is 1. The van der Waals surface area contributed by atoms with Crippen LogP contribution in [0.15, 0.2) is 36.7 Å². The van der Waals surface area contributed by atoms with Gasteiger partial charge in [-0.05, 0) is 18.4 Å². The summed E-state index contributed by atoms with van der Waals surface area (Å²) < 4.78 is 0. The van der Waals surface area contributed by atoms with Crippen molar-refractivity contribution in [2.45, 2.75) is 12.8 Å². The van der Waals surface area contributed by atoms with E-state index in [1.807, 2.05) is 18.2 Å². The number of aryl methyl sites for hydroxylation is 2. The highest BCUT2D eigenvalue weighted by atomic mass is 15.1. The van der Waals surface area contributed by atoms with Crippen molar-refractivity contribution in [1.29, 1.82) is 0 Å². The maximum Gasteiger partial charge on any atom is 0.222 e. The third-order valence-electron chi connectivity index (χ3n) is 2.86. The number of nitrogens with two attached hydrogens (primary N) is 1. The number of fused-ring (bicyclic) bond motifs is 1. The number of aromatic nitrogens is 4. The van der Waals surface area contributed by atoms with Crippen molar-refractivity contribution < 1.29 is 0 Å². The number of nitrogens with one attached hydrogen (secondary N) is 1. The van der Waals surface area contributed by atoms with Gasteiger partial charge in [0.2, 0.25) is 5.95 Å². The minimum Gasteiger partial charge on any atom is -0.368 e. The Balaban J connectivity index is 1.88. The van der Waals surface area contributed by atoms with E-state index in [1.165, 1.54) is 5.56 Å². The molecule has 3 N–H and O–H groups in total. The van der Waals surface area contributed by atoms with Gasteiger partial charge in [-0.25, -0.2) is 9.97 Å². The Hall–Kier alpha value is -2.43. The van der Waals surface area contributed by atoms with Crippen LogP contribution in [-0.2, 0) is 12.8 Å². The molecule has 3 aromatic rings. The molecule has 5 heteroatoms. The lowest BCUT2D eigenvalue weighted by Gasteiger charge is -2.03. The molecule has 0 unspecified atom stereocenters. The second-order valence-electron chi connectivity index (χ2n) is 4.11. The van der Waals surface area contributed by atoms with E-state index in [1.54, 1.807) is 6.33 Å². The largest absolute Gasteiger partial charge is 0.368 e. The van der Waals surface area contributed by atoms with Crippen molar-refractivity contribution in [3.63, 3.8) is 0 Å². The minimum absolute atomic E-state index is 0.287. The molecule has 0 fully saturated rings. The van der Waals surface area contributed by atoms with E-state index < -0.39 is 0 Å². The molecule has 0 amide bonds. The van der Waals surface area contributed by atoms with E-state index in [0.29, 0.717) is 5.65 Å². The Kier molecular flexibility index (Phi) is 2.64. The van der Waals surface area contributed by atoms with Crippen LogP contribution < -0.4 is 5.73 Å². The number of nitrogen functional groups attached to an aromatic ring is 1. The van der Waals surface area contributed by atoms with Crippen LogP contribution in [-0.4, -0.2) is 19.9 Å². The third-order valence-corrected chi connectivity index (χ3v) is 2.86. The molecule has 0 spiro atoms. The van der Waals surface area contributed by atoms with Crippen molar-refractivity contribution in [1.82, 2.24) is 19.9 Å². The first-order chi connectivity index (χ1) is 8.83. The molecule has 0 atom stereocenters. The molecule has 90 valence electrons. The van der Waals surface area contributed by atoms with E-state index in [9.17, 15) is 0 Å². The molecule has 5 nitrogen and oxygen atoms in total. The van der Waals surface area contributed by atoms with Gasteiger partial charge in [0.05, 0.1) is 12.0 Å². The maximum atomic E-state index is 5.68. The average Bonchev–Trinajstić information content (AvgIpc) is 2.85. The topological polar surface area (TPSA) is 80.5 Å². The highest BCUT2D eigenvalue weighted by Crippen LogP contribution is 2.14. The van der Waals surface area contributed by atoms with Crippen LogP contribution >= 0.6 is 0 Å². The first-order valence-corrected chi connectivity index (χ1v) is 5.82. The van der Waals surface area contributed by atoms with Gasteiger partial charge >= 0.3 is 0 Å². The van der Waals surface area contributed by atoms with Gasteiger partial charge in [0.15, 0.2) is 5.65 Å². The van der Waals surface area contributed by atoms with Crippen LogP contribution in [0.1, 0.15) is 11.3 Å². The second kappa shape index (κ2) is 4.44. The molecule has 0 saturated carbocycles. The molecule has 18 heavy (non-hydrogen) atoms. The Labute approximate surface area is 104 Å². The summed E-state index contributed by atoms with van der Waals surface area (Å²) in [5.74, 6) is 0.287. The summed E-state index contributed by atoms with van der Waals surface area (Å²) in [6.07, 6.45) is 3.34. The minimum atomic E-state index is 0.287. The zero-order valence-electron chi connectivity index (χ0n) is 9.80. The van der Waals surface area contributed by atoms with Gasteiger partial charge in [-0.1, -0.05) is 30.3 Å². The predicted molar refractivity (Wildman–Crippen MR) is 69.9 cm³/mol. The van der Waals surface area contributed by atoms with E-state index >= 15 is 0 Å². The number of nitrogens with zero attached hydrogens (tertiary/aromatic N) is 3. The van der Waals surface area contributed by atoms with Crippen LogP contribution in [0.5, 0.6) is 0 Å². The standard InChI is InChI=1S/C13H13N5/c14-13-17-10(11-12(18-13)16-8-15-11)7-6-9-4-2-1-3-5-9/h1-5,8H,6-7H2,(H3,14,15,16,17,18). The summed E-state index contributed by atoms with van der Waals surface area (Å²) in [6, 6.07) is 10.3. The Morgan fingerprint density at radius 1 is 1.06 bits per heavy atom. The highest BCUT2D eigenvalue weighted by Gasteiger charge is 2.08. The van der Waals surface area contributed by atoms with Gasteiger partial charge in [0.25, 0.3) is 0 Å². The van der Waals surface area contributed by atoms with Crippen LogP contribution in [0.4, 0.5) is 5.95 Å². The van der Waals surface area contributed by atoms with Gasteiger partial charge in [-0.3, -0.25) is 0 Å². The zero-order chi connectivity index (χ0) is 12.4. The highest BCUT2D eigenvalue weighted by molar-refractivity contribution is 5.73. The fraction of sp³-hybridized carbons (Fsp3) is 0.154. The SMILES string of the molecule is Nc1nc(CCc2ccccc2)c2nc[nH]c2n1. The lowest BCUT2D eigenvalue weighted by Crippen LogP contribution is -2.02. The number of rotatable bonds is 3. The molecule has 0 saturated heterocycles. The van der Waals surface area contributed by atoms with Crippen LogP contribution in [0, 0.1) is 0 Å². The number of aromatic amines is 1. The monoisotopic (exact) mass is 239 g/mol. The van der Waals surface area contributed by atoms with Gasteiger partial charge < -0.3 is 10.7 Å². The van der Waals surface area contributed by atoms with Gasteiger partial charge in [0, 0.05) is 0 Å². The Morgan fingerprint density at radius 3 is 2.72 bits per heavy atom. The summed E-state index contributed by atoms with van der Waals surface area (Å²) in [6.45, 7) is 0. The van der Waals surface area contributed by atoms with Gasteiger partial charge in [-0.2, -0.15) is 4.98 Å². The summed E-state index contributed by atoms with van der Waals surface area (Å²) in [4.78, 5) is 15.6. The fourth-order valence-corrected chi connectivity index (χ4v) is 2.00. The molecule has 2 aromatic heterocycles. The third kappa shape index (κ3) is 2.02. The zero-order valence-corrected chi connectivity index (χ0v) is 9.80. The van der Waals surface area contributed by atoms with E-state index in [0.717, 1.165) is 24.1 Å². The summed E-state index contributed by atoms with van der Waals surface area (Å²) >= 11 is 0. The number of H-pyrrole nitrogens is 1. The van der Waals surface area contributed by atoms with E-state index in [2.05, 4.69) is 32.1 Å². The number of hydrogen-bond acceptors (Lipinski definition) is 4. The Morgan fingerprint density at radius 2 is 1.89 bits per heavy atom. The molecule has 3 rings (SSSR count). The molecular weight excluding hydrogens is 226 g/mol. The number of imidazole rings is 1. The molecule has 0 bridgehead atoms. The van der Waals surface area contributed by atoms with Crippen LogP contribution in [0.25, 0.3) is 11.2 Å². The smallest absolute Gasteiger partial charge is 0.222 e. The van der Waals surface area contributed by atoms with Crippen molar-refractivity contribution in [3.05, 3.63) is 47.9 Å². The molecular formula is C13H13N5. The molecule has 1 aromatic carbocycles. The molecule has 2 heterocycles. The van der Waals surface area contributed by atoms with Crippen molar-refractivity contribution in [2.75, 3.05) is 5.73 Å². The van der Waals surface area contributed by atoms with Gasteiger partial charge in [-0.15, -0.1) is 0 Å². The first-order valence-electron chi connectivity index (χ1n) is 5.82. The molecule has 0 radical (unpaired) electrons. The van der Waals surface area contributed by atoms with Crippen LogP contribution in [0.3, 0.4) is 0 Å². The maximum absolute atomic E-state index is 5.68. The molecule has 0 aliphatic carbocycles. The number of hydrogen-bond donors (Lipinski definition) is 2. The summed E-state index contributed by atoms with van der Waals surface area (Å²) in [5, 5.41) is 0. The molecule has 0 aliphatic heterocycles. The van der Waals surface area contributed by atoms with Crippen molar-refractivity contribution in [3.8, 4) is 0 Å². The summed E-state index contributed by atoms with van der Waals surface area (Å²) in [5.41, 5.74) is 9.36. The normalized spacial score (nSPS) is 10.9. The first kappa shape index (κ1) is 10.7. The van der Waals surface area contributed by atoms with Crippen molar-refractivity contribution >= 4 is 17.1 Å². The number of benzene rings is 1. The van der Waals surface area contributed by atoms with E-state index in [4.69, 9.17) is 5.73 Å². The lowest BCUT2D eigenvalue weighted by atomic mass is 10.1. The van der Waals surface area contributed by atoms with Gasteiger partial charge in [0.1, 0.15) is 5.52 Å². The Bertz CT molecular complexity index is 659. The fourth-order valence-electron chi connectivity index (χ4n) is 2.00. The lowest BCUT2D eigenvalue weighted by molar-refractivity contribution is 0.917. The van der Waals surface area contributed by atoms with Crippen molar-refractivity contribution in [2.24, 2.45) is 0 Å². The molecule has 0 aliphatic rings. The second-order valence-corrected chi connectivity index (χ2v) is 4.11. The quantitative estimate of drug-likeness (QED) is 0.729. The summed E-state index contributed by atoms with van der Waals surface area (Å²) in [7, 11) is 0. The average molecular weight is 239 g/mol.